The summed E-state index contributed by atoms with van der Waals surface area (Å²) in [5.74, 6) is 3.13. The monoisotopic (exact) mass is 299 g/mol. The number of hydrogen-bond donors (Lipinski definition) is 1. The number of amides is 1. The van der Waals surface area contributed by atoms with E-state index in [0.717, 1.165) is 36.0 Å². The van der Waals surface area contributed by atoms with E-state index < -0.39 is 0 Å². The average Bonchev–Trinajstić information content (AvgIpc) is 2.23. The lowest BCUT2D eigenvalue weighted by molar-refractivity contribution is -0.129. The van der Waals surface area contributed by atoms with Crippen molar-refractivity contribution in [3.63, 3.8) is 0 Å². The SMILES string of the molecule is O=C(CC12CC3CC(CC(C3)C1)C2)NCCBr. The number of nitrogens with one attached hydrogen (secondary N) is 1. The first kappa shape index (κ1) is 12.0. The Kier molecular flexibility index (Phi) is 3.22. The summed E-state index contributed by atoms with van der Waals surface area (Å²) in [5, 5.41) is 3.88. The fourth-order valence-electron chi connectivity index (χ4n) is 5.10. The van der Waals surface area contributed by atoms with Gasteiger partial charge in [-0.1, -0.05) is 15.9 Å². The van der Waals surface area contributed by atoms with E-state index in [9.17, 15) is 4.79 Å². The van der Waals surface area contributed by atoms with Gasteiger partial charge >= 0.3 is 0 Å². The molecule has 2 nitrogen and oxygen atoms in total. The molecule has 0 aliphatic heterocycles. The fourth-order valence-corrected chi connectivity index (χ4v) is 5.29. The zero-order valence-electron chi connectivity index (χ0n) is 10.4. The van der Waals surface area contributed by atoms with Crippen LogP contribution in [0, 0.1) is 23.2 Å². The lowest BCUT2D eigenvalue weighted by Gasteiger charge is -2.56. The second kappa shape index (κ2) is 4.56. The Morgan fingerprint density at radius 2 is 1.65 bits per heavy atom. The largest absolute Gasteiger partial charge is 0.355 e. The van der Waals surface area contributed by atoms with E-state index in [2.05, 4.69) is 21.2 Å². The molecule has 4 fully saturated rings. The first-order valence-corrected chi connectivity index (χ1v) is 8.14. The van der Waals surface area contributed by atoms with Gasteiger partial charge in [-0.2, -0.15) is 0 Å². The molecule has 4 aliphatic rings. The van der Waals surface area contributed by atoms with Crippen LogP contribution in [0.15, 0.2) is 0 Å². The molecule has 0 radical (unpaired) electrons. The molecule has 0 spiro atoms. The Balaban J connectivity index is 1.64. The Hall–Kier alpha value is -0.0500. The highest BCUT2D eigenvalue weighted by molar-refractivity contribution is 9.09. The van der Waals surface area contributed by atoms with Crippen molar-refractivity contribution in [2.45, 2.75) is 44.9 Å². The van der Waals surface area contributed by atoms with Crippen molar-refractivity contribution in [1.29, 1.82) is 0 Å². The summed E-state index contributed by atoms with van der Waals surface area (Å²) in [6.07, 6.45) is 9.18. The van der Waals surface area contributed by atoms with Crippen LogP contribution in [0.1, 0.15) is 44.9 Å². The zero-order chi connectivity index (χ0) is 11.9. The topological polar surface area (TPSA) is 29.1 Å². The molecule has 0 heterocycles. The first-order chi connectivity index (χ1) is 8.19. The predicted molar refractivity (Wildman–Crippen MR) is 72.0 cm³/mol. The number of rotatable bonds is 4. The number of alkyl halides is 1. The van der Waals surface area contributed by atoms with Gasteiger partial charge in [-0.05, 0) is 61.7 Å². The highest BCUT2D eigenvalue weighted by atomic mass is 79.9. The minimum Gasteiger partial charge on any atom is -0.355 e. The van der Waals surface area contributed by atoms with Gasteiger partial charge in [-0.15, -0.1) is 0 Å². The summed E-state index contributed by atoms with van der Waals surface area (Å²) in [6.45, 7) is 0.769. The molecule has 0 aromatic heterocycles. The summed E-state index contributed by atoms with van der Waals surface area (Å²) >= 11 is 3.36. The molecule has 0 aromatic rings. The number of hydrogen-bond acceptors (Lipinski definition) is 1. The fraction of sp³-hybridized carbons (Fsp3) is 0.929. The third-order valence-corrected chi connectivity index (χ3v) is 5.51. The maximum Gasteiger partial charge on any atom is 0.220 e. The van der Waals surface area contributed by atoms with Crippen LogP contribution in [0.3, 0.4) is 0 Å². The van der Waals surface area contributed by atoms with Crippen molar-refractivity contribution in [1.82, 2.24) is 5.32 Å². The standard InChI is InChI=1S/C14H22BrNO/c15-1-2-16-13(17)9-14-6-10-3-11(7-14)5-12(4-10)8-14/h10-12H,1-9H2,(H,16,17). The molecule has 4 aliphatic carbocycles. The minimum atomic E-state index is 0.284. The van der Waals surface area contributed by atoms with Gasteiger partial charge in [0.15, 0.2) is 0 Å². The van der Waals surface area contributed by atoms with Crippen molar-refractivity contribution in [2.24, 2.45) is 23.2 Å². The van der Waals surface area contributed by atoms with E-state index in [1.807, 2.05) is 0 Å². The average molecular weight is 300 g/mol. The van der Waals surface area contributed by atoms with Crippen LogP contribution >= 0.6 is 15.9 Å². The molecule has 1 N–H and O–H groups in total. The van der Waals surface area contributed by atoms with E-state index in [4.69, 9.17) is 0 Å². The predicted octanol–water partition coefficient (Wildman–Crippen LogP) is 3.10. The second-order valence-electron chi connectivity index (χ2n) is 6.63. The van der Waals surface area contributed by atoms with E-state index in [-0.39, 0.29) is 5.91 Å². The minimum absolute atomic E-state index is 0.284. The van der Waals surface area contributed by atoms with Crippen molar-refractivity contribution in [3.05, 3.63) is 0 Å². The molecule has 4 rings (SSSR count). The van der Waals surface area contributed by atoms with Crippen LogP contribution in [-0.2, 0) is 4.79 Å². The second-order valence-corrected chi connectivity index (χ2v) is 7.43. The zero-order valence-corrected chi connectivity index (χ0v) is 12.0. The van der Waals surface area contributed by atoms with Gasteiger partial charge < -0.3 is 5.32 Å². The molecule has 96 valence electrons. The van der Waals surface area contributed by atoms with Crippen molar-refractivity contribution >= 4 is 21.8 Å². The summed E-state index contributed by atoms with van der Waals surface area (Å²) < 4.78 is 0. The molecule has 0 unspecified atom stereocenters. The van der Waals surface area contributed by atoms with E-state index in [1.54, 1.807) is 0 Å². The van der Waals surface area contributed by atoms with E-state index >= 15 is 0 Å². The molecule has 0 aromatic carbocycles. The van der Waals surface area contributed by atoms with Crippen LogP contribution in [-0.4, -0.2) is 17.8 Å². The Bertz CT molecular complexity index is 280. The Labute approximate surface area is 112 Å². The van der Waals surface area contributed by atoms with Crippen LogP contribution < -0.4 is 5.32 Å². The third-order valence-electron chi connectivity index (χ3n) is 5.12. The van der Waals surface area contributed by atoms with Crippen molar-refractivity contribution < 1.29 is 4.79 Å². The summed E-state index contributed by atoms with van der Waals surface area (Å²) in [6, 6.07) is 0. The number of carbonyl (C=O) groups is 1. The summed E-state index contributed by atoms with van der Waals surface area (Å²) in [5.41, 5.74) is 0.394. The highest BCUT2D eigenvalue weighted by Crippen LogP contribution is 2.61. The van der Waals surface area contributed by atoms with Crippen LogP contribution in [0.4, 0.5) is 0 Å². The molecule has 4 saturated carbocycles. The van der Waals surface area contributed by atoms with Gasteiger partial charge in [0, 0.05) is 18.3 Å². The number of carbonyl (C=O) groups excluding carboxylic acids is 1. The van der Waals surface area contributed by atoms with E-state index in [1.165, 1.54) is 38.5 Å². The summed E-state index contributed by atoms with van der Waals surface area (Å²) in [7, 11) is 0. The van der Waals surface area contributed by atoms with Gasteiger partial charge in [-0.3, -0.25) is 4.79 Å². The van der Waals surface area contributed by atoms with Crippen LogP contribution in [0.5, 0.6) is 0 Å². The van der Waals surface area contributed by atoms with Crippen LogP contribution in [0.2, 0.25) is 0 Å². The molecule has 0 atom stereocenters. The third kappa shape index (κ3) is 2.40. The van der Waals surface area contributed by atoms with Gasteiger partial charge in [0.2, 0.25) is 5.91 Å². The molecular weight excluding hydrogens is 278 g/mol. The molecule has 1 amide bonds. The molecule has 3 heteroatoms. The maximum absolute atomic E-state index is 12.0. The molecular formula is C14H22BrNO. The smallest absolute Gasteiger partial charge is 0.220 e. The van der Waals surface area contributed by atoms with Gasteiger partial charge in [0.25, 0.3) is 0 Å². The normalized spacial score (nSPS) is 42.8. The van der Waals surface area contributed by atoms with Gasteiger partial charge in [0.1, 0.15) is 0 Å². The van der Waals surface area contributed by atoms with Gasteiger partial charge in [-0.25, -0.2) is 0 Å². The van der Waals surface area contributed by atoms with Crippen molar-refractivity contribution in [3.8, 4) is 0 Å². The maximum atomic E-state index is 12.0. The summed E-state index contributed by atoms with van der Waals surface area (Å²) in [4.78, 5) is 12.0. The lowest BCUT2D eigenvalue weighted by atomic mass is 9.49. The molecule has 4 bridgehead atoms. The highest BCUT2D eigenvalue weighted by Gasteiger charge is 2.51. The quantitative estimate of drug-likeness (QED) is 0.794. The lowest BCUT2D eigenvalue weighted by Crippen LogP contribution is -2.48. The molecule has 17 heavy (non-hydrogen) atoms. The number of halogens is 1. The first-order valence-electron chi connectivity index (χ1n) is 7.02. The molecule has 0 saturated heterocycles. The Morgan fingerprint density at radius 1 is 1.12 bits per heavy atom. The van der Waals surface area contributed by atoms with Crippen LogP contribution in [0.25, 0.3) is 0 Å². The van der Waals surface area contributed by atoms with Gasteiger partial charge in [0.05, 0.1) is 0 Å². The van der Waals surface area contributed by atoms with E-state index in [0.29, 0.717) is 5.41 Å². The Morgan fingerprint density at radius 3 is 2.12 bits per heavy atom. The van der Waals surface area contributed by atoms with Crippen molar-refractivity contribution in [2.75, 3.05) is 11.9 Å².